The Morgan fingerprint density at radius 1 is 1.14 bits per heavy atom. The minimum Gasteiger partial charge on any atom is -0.355 e. The number of aromatic nitrogens is 1. The van der Waals surface area contributed by atoms with Gasteiger partial charge in [0.05, 0.1) is 23.7 Å². The first-order valence-corrected chi connectivity index (χ1v) is 10.5. The van der Waals surface area contributed by atoms with Crippen molar-refractivity contribution in [3.05, 3.63) is 59.4 Å². The molecule has 3 heterocycles. The van der Waals surface area contributed by atoms with Crippen molar-refractivity contribution in [3.8, 4) is 0 Å². The molecule has 0 radical (unpaired) electrons. The first-order chi connectivity index (χ1) is 14.1. The van der Waals surface area contributed by atoms with Crippen LogP contribution in [0.5, 0.6) is 0 Å². The normalized spacial score (nSPS) is 19.3. The number of piperidine rings is 1. The Balaban J connectivity index is 1.46. The fraction of sp³-hybridized carbons (Fsp3) is 0.435. The highest BCUT2D eigenvalue weighted by atomic mass is 16.2. The quantitative estimate of drug-likeness (QED) is 0.821. The molecule has 1 atom stereocenters. The number of carbonyl (C=O) groups is 2. The lowest BCUT2D eigenvalue weighted by molar-refractivity contribution is -0.121. The van der Waals surface area contributed by atoms with Crippen LogP contribution >= 0.6 is 0 Å². The molecule has 1 aromatic heterocycles. The molecule has 2 aliphatic heterocycles. The van der Waals surface area contributed by atoms with Gasteiger partial charge in [-0.2, -0.15) is 0 Å². The smallest absolute Gasteiger partial charge is 0.260 e. The van der Waals surface area contributed by atoms with Crippen LogP contribution in [0.25, 0.3) is 0 Å². The van der Waals surface area contributed by atoms with Gasteiger partial charge in [0.25, 0.3) is 5.91 Å². The summed E-state index contributed by atoms with van der Waals surface area (Å²) in [5, 5.41) is 3.04. The van der Waals surface area contributed by atoms with Crippen LogP contribution in [0.15, 0.2) is 42.6 Å². The van der Waals surface area contributed by atoms with Crippen molar-refractivity contribution in [3.63, 3.8) is 0 Å². The summed E-state index contributed by atoms with van der Waals surface area (Å²) in [6.45, 7) is 5.76. The lowest BCUT2D eigenvalue weighted by atomic mass is 10.1. The highest BCUT2D eigenvalue weighted by Gasteiger charge is 2.39. The number of pyridine rings is 1. The summed E-state index contributed by atoms with van der Waals surface area (Å²) in [5.41, 5.74) is 3.19. The number of hydrogen-bond donors (Lipinski definition) is 1. The lowest BCUT2D eigenvalue weighted by Gasteiger charge is -2.27. The van der Waals surface area contributed by atoms with Crippen LogP contribution in [0, 0.1) is 6.92 Å². The van der Waals surface area contributed by atoms with Crippen LogP contribution in [0.1, 0.15) is 53.3 Å². The Bertz CT molecular complexity index is 875. The second-order valence-corrected chi connectivity index (χ2v) is 7.92. The Morgan fingerprint density at radius 2 is 1.90 bits per heavy atom. The molecular weight excluding hydrogens is 364 g/mol. The van der Waals surface area contributed by atoms with Crippen molar-refractivity contribution in [1.82, 2.24) is 15.2 Å². The summed E-state index contributed by atoms with van der Waals surface area (Å²) in [5.74, 6) is -0.140. The van der Waals surface area contributed by atoms with E-state index in [4.69, 9.17) is 0 Å². The molecule has 1 aromatic carbocycles. The highest BCUT2D eigenvalue weighted by molar-refractivity contribution is 6.11. The van der Waals surface area contributed by atoms with E-state index in [2.05, 4.69) is 15.2 Å². The van der Waals surface area contributed by atoms with Gasteiger partial charge in [0.15, 0.2) is 0 Å². The summed E-state index contributed by atoms with van der Waals surface area (Å²) < 4.78 is 0. The second kappa shape index (κ2) is 8.74. The van der Waals surface area contributed by atoms with Gasteiger partial charge >= 0.3 is 0 Å². The molecule has 29 heavy (non-hydrogen) atoms. The van der Waals surface area contributed by atoms with Gasteiger partial charge in [-0.1, -0.05) is 24.1 Å². The van der Waals surface area contributed by atoms with Gasteiger partial charge in [-0.15, -0.1) is 0 Å². The summed E-state index contributed by atoms with van der Waals surface area (Å²) in [4.78, 5) is 34.3. The number of likely N-dealkylation sites (tertiary alicyclic amines) is 1. The van der Waals surface area contributed by atoms with Crippen LogP contribution in [-0.4, -0.2) is 47.9 Å². The maximum atomic E-state index is 13.0. The topological polar surface area (TPSA) is 65.5 Å². The Morgan fingerprint density at radius 3 is 2.66 bits per heavy atom. The van der Waals surface area contributed by atoms with E-state index in [0.29, 0.717) is 17.8 Å². The minimum atomic E-state index is -0.378. The third-order valence-corrected chi connectivity index (χ3v) is 5.80. The number of nitrogens with one attached hydrogen (secondary N) is 1. The number of carbonyl (C=O) groups excluding carboxylic acids is 2. The molecule has 0 unspecified atom stereocenters. The monoisotopic (exact) mass is 392 g/mol. The van der Waals surface area contributed by atoms with Gasteiger partial charge in [0.2, 0.25) is 5.91 Å². The molecule has 4 rings (SSSR count). The van der Waals surface area contributed by atoms with Crippen LogP contribution < -0.4 is 10.2 Å². The van der Waals surface area contributed by atoms with Crippen molar-refractivity contribution in [1.29, 1.82) is 0 Å². The summed E-state index contributed by atoms with van der Waals surface area (Å²) in [7, 11) is 0. The molecule has 1 fully saturated rings. The zero-order valence-corrected chi connectivity index (χ0v) is 16.9. The number of amides is 2. The summed E-state index contributed by atoms with van der Waals surface area (Å²) >= 11 is 0. The predicted octanol–water partition coefficient (Wildman–Crippen LogP) is 3.08. The number of nitrogens with zero attached hydrogens (tertiary/aromatic N) is 3. The van der Waals surface area contributed by atoms with Crippen LogP contribution in [-0.2, 0) is 4.79 Å². The van der Waals surface area contributed by atoms with Crippen LogP contribution in [0.3, 0.4) is 0 Å². The van der Waals surface area contributed by atoms with E-state index in [9.17, 15) is 9.59 Å². The first-order valence-electron chi connectivity index (χ1n) is 10.5. The molecule has 2 amide bonds. The molecule has 2 aliphatic rings. The molecular formula is C23H28N4O2. The fourth-order valence-electron chi connectivity index (χ4n) is 4.23. The predicted molar refractivity (Wildman–Crippen MR) is 113 cm³/mol. The van der Waals surface area contributed by atoms with Gasteiger partial charge in [0.1, 0.15) is 0 Å². The number of aryl methyl sites for hydroxylation is 1. The third kappa shape index (κ3) is 4.32. The number of rotatable bonds is 6. The molecule has 6 heteroatoms. The SMILES string of the molecule is Cc1ccc(N2C(=O)c3cccnc3[C@@H]2CC(=O)NCCN2CCCCC2)cc1. The van der Waals surface area contributed by atoms with E-state index >= 15 is 0 Å². The molecule has 1 saturated heterocycles. The largest absolute Gasteiger partial charge is 0.355 e. The summed E-state index contributed by atoms with van der Waals surface area (Å²) in [6, 6.07) is 11.0. The molecule has 0 aliphatic carbocycles. The van der Waals surface area contributed by atoms with Crippen molar-refractivity contribution >= 4 is 17.5 Å². The number of fused-ring (bicyclic) bond motifs is 1. The number of hydrogen-bond acceptors (Lipinski definition) is 4. The van der Waals surface area contributed by atoms with E-state index in [1.54, 1.807) is 23.2 Å². The standard InChI is InChI=1S/C23H28N4O2/c1-17-7-9-18(10-8-17)27-20(22-19(23(27)29)6-5-11-25-22)16-21(28)24-12-15-26-13-3-2-4-14-26/h5-11,20H,2-4,12-16H2,1H3,(H,24,28)/t20-/m0/s1. The van der Waals surface area contributed by atoms with Crippen molar-refractivity contribution < 1.29 is 9.59 Å². The Labute approximate surface area is 171 Å². The van der Waals surface area contributed by atoms with Gasteiger partial charge in [-0.25, -0.2) is 0 Å². The van der Waals surface area contributed by atoms with Gasteiger partial charge < -0.3 is 10.2 Å². The zero-order valence-electron chi connectivity index (χ0n) is 16.9. The van der Waals surface area contributed by atoms with E-state index in [0.717, 1.165) is 30.9 Å². The molecule has 0 bridgehead atoms. The molecule has 152 valence electrons. The zero-order chi connectivity index (χ0) is 20.2. The van der Waals surface area contributed by atoms with Crippen LogP contribution in [0.2, 0.25) is 0 Å². The van der Waals surface area contributed by atoms with E-state index in [1.807, 2.05) is 31.2 Å². The molecule has 0 spiro atoms. The van der Waals surface area contributed by atoms with Gasteiger partial charge in [0, 0.05) is 25.0 Å². The lowest BCUT2D eigenvalue weighted by Crippen LogP contribution is -2.39. The van der Waals surface area contributed by atoms with Gasteiger partial charge in [-0.3, -0.25) is 19.5 Å². The molecule has 6 nitrogen and oxygen atoms in total. The van der Waals surface area contributed by atoms with E-state index in [1.165, 1.54) is 19.3 Å². The second-order valence-electron chi connectivity index (χ2n) is 7.92. The van der Waals surface area contributed by atoms with Gasteiger partial charge in [-0.05, 0) is 57.1 Å². The average Bonchev–Trinajstić information content (AvgIpc) is 3.01. The maximum absolute atomic E-state index is 13.0. The highest BCUT2D eigenvalue weighted by Crippen LogP contribution is 2.38. The average molecular weight is 393 g/mol. The van der Waals surface area contributed by atoms with E-state index in [-0.39, 0.29) is 24.3 Å². The van der Waals surface area contributed by atoms with Crippen molar-refractivity contribution in [2.75, 3.05) is 31.1 Å². The minimum absolute atomic E-state index is 0.0459. The van der Waals surface area contributed by atoms with Crippen molar-refractivity contribution in [2.45, 2.75) is 38.6 Å². The number of benzene rings is 1. The molecule has 2 aromatic rings. The fourth-order valence-corrected chi connectivity index (χ4v) is 4.23. The van der Waals surface area contributed by atoms with E-state index < -0.39 is 0 Å². The van der Waals surface area contributed by atoms with Crippen molar-refractivity contribution in [2.24, 2.45) is 0 Å². The molecule has 1 N–H and O–H groups in total. The summed E-state index contributed by atoms with van der Waals surface area (Å²) in [6.07, 6.45) is 5.69. The Kier molecular flexibility index (Phi) is 5.90. The maximum Gasteiger partial charge on any atom is 0.260 e. The third-order valence-electron chi connectivity index (χ3n) is 5.80. The molecule has 0 saturated carbocycles. The number of anilines is 1. The Hall–Kier alpha value is -2.73. The van der Waals surface area contributed by atoms with Crippen LogP contribution in [0.4, 0.5) is 5.69 Å². The first kappa shape index (κ1) is 19.6.